The van der Waals surface area contributed by atoms with Crippen molar-refractivity contribution in [2.75, 3.05) is 5.73 Å². The van der Waals surface area contributed by atoms with E-state index in [1.54, 1.807) is 31.3 Å². The van der Waals surface area contributed by atoms with Gasteiger partial charge in [0.15, 0.2) is 5.65 Å². The molecule has 172 valence electrons. The van der Waals surface area contributed by atoms with Crippen LogP contribution in [-0.2, 0) is 6.54 Å². The molecule has 4 rings (SSSR count). The number of fused-ring (bicyclic) bond motifs is 1. The Morgan fingerprint density at radius 1 is 1.18 bits per heavy atom. The zero-order chi connectivity index (χ0) is 24.2. The molecule has 0 saturated carbocycles. The van der Waals surface area contributed by atoms with Crippen LogP contribution in [0.15, 0.2) is 83.5 Å². The van der Waals surface area contributed by atoms with Crippen molar-refractivity contribution in [3.63, 3.8) is 0 Å². The van der Waals surface area contributed by atoms with Crippen LogP contribution in [0.2, 0.25) is 0 Å². The topological polar surface area (TPSA) is 141 Å². The maximum Gasteiger partial charge on any atom is 0.353 e. The normalized spacial score (nSPS) is 12.3. The van der Waals surface area contributed by atoms with Gasteiger partial charge in [-0.2, -0.15) is 15.7 Å². The van der Waals surface area contributed by atoms with Crippen LogP contribution in [0.1, 0.15) is 25.1 Å². The number of nitrogens with zero attached hydrogens (tertiary/aromatic N) is 6. The first-order valence-corrected chi connectivity index (χ1v) is 10.5. The molecule has 0 fully saturated rings. The van der Waals surface area contributed by atoms with Crippen molar-refractivity contribution in [3.05, 3.63) is 100 Å². The Balaban J connectivity index is 2.08. The molecule has 0 aliphatic carbocycles. The zero-order valence-corrected chi connectivity index (χ0v) is 18.9. The molecular weight excluding hydrogens is 432 g/mol. The monoisotopic (exact) mass is 457 g/mol. The quantitative estimate of drug-likeness (QED) is 0.284. The van der Waals surface area contributed by atoms with Crippen LogP contribution in [0, 0.1) is 0 Å². The highest BCUT2D eigenvalue weighted by molar-refractivity contribution is 5.92. The fourth-order valence-electron chi connectivity index (χ4n) is 3.58. The minimum atomic E-state index is -0.449. The van der Waals surface area contributed by atoms with Crippen LogP contribution < -0.4 is 16.9 Å². The summed E-state index contributed by atoms with van der Waals surface area (Å²) in [5.74, 6) is 0.0112. The highest BCUT2D eigenvalue weighted by Crippen LogP contribution is 2.32. The van der Waals surface area contributed by atoms with Crippen LogP contribution in [0.25, 0.3) is 22.5 Å². The Kier molecular flexibility index (Phi) is 6.44. The van der Waals surface area contributed by atoms with Crippen LogP contribution in [0.5, 0.6) is 0 Å². The Labute approximate surface area is 195 Å². The first kappa shape index (κ1) is 22.8. The summed E-state index contributed by atoms with van der Waals surface area (Å²) in [6.07, 6.45) is 5.18. The van der Waals surface area contributed by atoms with Gasteiger partial charge in [-0.1, -0.05) is 48.6 Å². The van der Waals surface area contributed by atoms with Gasteiger partial charge in [0.2, 0.25) is 5.95 Å². The number of hydroxylamine groups is 1. The van der Waals surface area contributed by atoms with Gasteiger partial charge < -0.3 is 5.73 Å². The lowest BCUT2D eigenvalue weighted by Crippen LogP contribution is -2.77. The molecule has 0 aliphatic rings. The predicted octanol–water partition coefficient (Wildman–Crippen LogP) is 1.79. The summed E-state index contributed by atoms with van der Waals surface area (Å²) in [5, 5.41) is 22.1. The molecule has 34 heavy (non-hydrogen) atoms. The number of nitrogen functional groups attached to an aromatic ring is 1. The first-order valence-electron chi connectivity index (χ1n) is 10.5. The largest absolute Gasteiger partial charge is 0.369 e. The molecule has 1 aromatic carbocycles. The van der Waals surface area contributed by atoms with Gasteiger partial charge in [0.1, 0.15) is 5.70 Å². The van der Waals surface area contributed by atoms with Crippen molar-refractivity contribution in [1.82, 2.24) is 29.4 Å². The van der Waals surface area contributed by atoms with E-state index in [9.17, 15) is 10.0 Å². The molecule has 0 spiro atoms. The van der Waals surface area contributed by atoms with E-state index in [0.717, 1.165) is 16.6 Å². The minimum absolute atomic E-state index is 0.0112. The molecule has 10 nitrogen and oxygen atoms in total. The zero-order valence-electron chi connectivity index (χ0n) is 18.9. The van der Waals surface area contributed by atoms with Crippen LogP contribution in [0.3, 0.4) is 0 Å². The number of hydrogen-bond acceptors (Lipinski definition) is 7. The van der Waals surface area contributed by atoms with Crippen LogP contribution >= 0.6 is 0 Å². The molecule has 0 radical (unpaired) electrons. The van der Waals surface area contributed by atoms with E-state index in [2.05, 4.69) is 26.9 Å². The number of aromatic nitrogens is 6. The van der Waals surface area contributed by atoms with Crippen LogP contribution in [-0.4, -0.2) is 34.6 Å². The van der Waals surface area contributed by atoms with Gasteiger partial charge in [-0.05, 0) is 24.6 Å². The number of allylic oxidation sites excluding steroid dienone is 5. The molecule has 0 aliphatic heterocycles. The van der Waals surface area contributed by atoms with Crippen LogP contribution in [0.4, 0.5) is 5.95 Å². The molecule has 3 heterocycles. The van der Waals surface area contributed by atoms with Gasteiger partial charge >= 0.3 is 5.69 Å². The third-order valence-corrected chi connectivity index (χ3v) is 5.02. The molecular formula is C24H25N8O2+. The Morgan fingerprint density at radius 3 is 2.59 bits per heavy atom. The lowest BCUT2D eigenvalue weighted by atomic mass is 9.97. The molecule has 0 saturated heterocycles. The van der Waals surface area contributed by atoms with Gasteiger partial charge in [-0.15, -0.1) is 5.10 Å². The van der Waals surface area contributed by atoms with E-state index in [0.29, 0.717) is 33.9 Å². The number of quaternary nitrogens is 1. The molecule has 3 aromatic heterocycles. The molecule has 10 heteroatoms. The Morgan fingerprint density at radius 2 is 1.94 bits per heavy atom. The summed E-state index contributed by atoms with van der Waals surface area (Å²) in [6, 6.07) is 13.0. The Hall–Kier alpha value is -4.41. The summed E-state index contributed by atoms with van der Waals surface area (Å²) in [6.45, 7) is 7.73. The maximum absolute atomic E-state index is 13.3. The van der Waals surface area contributed by atoms with Gasteiger partial charge in [0, 0.05) is 24.8 Å². The second kappa shape index (κ2) is 9.61. The summed E-state index contributed by atoms with van der Waals surface area (Å²) in [7, 11) is 0. The van der Waals surface area contributed by atoms with Crippen molar-refractivity contribution in [2.24, 2.45) is 0 Å². The summed E-state index contributed by atoms with van der Waals surface area (Å²) >= 11 is 0. The molecule has 4 aromatic rings. The minimum Gasteiger partial charge on any atom is -0.369 e. The lowest BCUT2D eigenvalue weighted by Gasteiger charge is -2.13. The third-order valence-electron chi connectivity index (χ3n) is 5.02. The number of hydrogen-bond donors (Lipinski definition) is 3. The van der Waals surface area contributed by atoms with Crippen molar-refractivity contribution in [3.8, 4) is 11.3 Å². The third kappa shape index (κ3) is 4.53. The molecule has 0 amide bonds. The predicted molar refractivity (Wildman–Crippen MR) is 128 cm³/mol. The van der Waals surface area contributed by atoms with Crippen molar-refractivity contribution in [2.45, 2.75) is 20.4 Å². The summed E-state index contributed by atoms with van der Waals surface area (Å²) < 4.78 is 2.55. The van der Waals surface area contributed by atoms with Gasteiger partial charge in [-0.25, -0.2) is 24.1 Å². The average molecular weight is 458 g/mol. The van der Waals surface area contributed by atoms with E-state index in [1.807, 2.05) is 43.3 Å². The molecule has 0 bridgehead atoms. The highest BCUT2D eigenvalue weighted by Gasteiger charge is 2.22. The first-order chi connectivity index (χ1) is 16.4. The fraction of sp³-hybridized carbons (Fsp3) is 0.125. The second-order valence-electron chi connectivity index (χ2n) is 7.84. The van der Waals surface area contributed by atoms with E-state index in [-0.39, 0.29) is 12.5 Å². The van der Waals surface area contributed by atoms with Crippen molar-refractivity contribution >= 4 is 17.2 Å². The molecule has 0 atom stereocenters. The maximum atomic E-state index is 13.3. The molecule has 0 unspecified atom stereocenters. The number of anilines is 1. The van der Waals surface area contributed by atoms with E-state index in [4.69, 9.17) is 5.73 Å². The standard InChI is InChI=1S/C24H24N8O2/c1-15(2)12-18(13-16(3)30-34)20-21(17-8-5-4-6-9-17)27-23(25)32-22(20)29-31(24(32)33)14-19-10-7-11-26-28-19/h4-13,30,34H,1,14H2,2-3H3,(H2,25,27)/p+1/b16-13-,18-12+. The number of nitrogens with two attached hydrogens (primary N) is 2. The Bertz CT molecular complexity index is 1470. The van der Waals surface area contributed by atoms with E-state index >= 15 is 0 Å². The van der Waals surface area contributed by atoms with Crippen molar-refractivity contribution in [1.29, 1.82) is 0 Å². The smallest absolute Gasteiger partial charge is 0.353 e. The average Bonchev–Trinajstić information content (AvgIpc) is 3.15. The van der Waals surface area contributed by atoms with Gasteiger partial charge in [-0.3, -0.25) is 0 Å². The number of benzene rings is 1. The second-order valence-corrected chi connectivity index (χ2v) is 7.84. The fourth-order valence-corrected chi connectivity index (χ4v) is 3.58. The highest BCUT2D eigenvalue weighted by atomic mass is 16.5. The van der Waals surface area contributed by atoms with Gasteiger partial charge in [0.05, 0.1) is 23.5 Å². The summed E-state index contributed by atoms with van der Waals surface area (Å²) in [4.78, 5) is 17.9. The van der Waals surface area contributed by atoms with E-state index < -0.39 is 5.69 Å². The number of rotatable bonds is 7. The summed E-state index contributed by atoms with van der Waals surface area (Å²) in [5.41, 5.74) is 11.7. The van der Waals surface area contributed by atoms with E-state index in [1.165, 1.54) is 9.08 Å². The van der Waals surface area contributed by atoms with Gasteiger partial charge in [0.25, 0.3) is 0 Å². The lowest BCUT2D eigenvalue weighted by molar-refractivity contribution is -0.850. The molecule has 5 N–H and O–H groups in total. The SMILES string of the molecule is C=C(C)/C=C(\C=C(\C)[NH2+]O)c1c(-c2ccccc2)nc(N)n2c(=O)n(Cc3cccnn3)nc12. The van der Waals surface area contributed by atoms with Crippen molar-refractivity contribution < 1.29 is 10.7 Å².